The topological polar surface area (TPSA) is 67.9 Å². The maximum absolute atomic E-state index is 11.7. The molecule has 1 heterocycles. The molecule has 0 saturated carbocycles. The van der Waals surface area contributed by atoms with Crippen LogP contribution in [-0.4, -0.2) is 57.4 Å². The SMILES string of the molecule is COCCNC(=O)C1CCN(C(=O)OC)CC1. The van der Waals surface area contributed by atoms with Crippen molar-refractivity contribution < 1.29 is 19.1 Å². The standard InChI is InChI=1S/C11H20N2O4/c1-16-8-5-12-10(14)9-3-6-13(7-4-9)11(15)17-2/h9H,3-8H2,1-2H3,(H,12,14). The Balaban J connectivity index is 2.26. The maximum Gasteiger partial charge on any atom is 0.409 e. The van der Waals surface area contributed by atoms with Gasteiger partial charge in [0.2, 0.25) is 5.91 Å². The van der Waals surface area contributed by atoms with Gasteiger partial charge in [-0.1, -0.05) is 0 Å². The third-order valence-corrected chi connectivity index (χ3v) is 2.90. The first-order valence-electron chi connectivity index (χ1n) is 5.78. The molecule has 98 valence electrons. The number of ether oxygens (including phenoxy) is 2. The predicted octanol–water partition coefficient (Wildman–Crippen LogP) is 0.227. The van der Waals surface area contributed by atoms with E-state index in [0.717, 1.165) is 0 Å². The second-order valence-electron chi connectivity index (χ2n) is 4.02. The average Bonchev–Trinajstić information content (AvgIpc) is 2.38. The fourth-order valence-corrected chi connectivity index (χ4v) is 1.87. The van der Waals surface area contributed by atoms with Crippen molar-refractivity contribution >= 4 is 12.0 Å². The van der Waals surface area contributed by atoms with Gasteiger partial charge < -0.3 is 19.7 Å². The van der Waals surface area contributed by atoms with E-state index in [2.05, 4.69) is 10.1 Å². The highest BCUT2D eigenvalue weighted by Crippen LogP contribution is 2.17. The molecule has 0 aromatic carbocycles. The number of amides is 2. The Hall–Kier alpha value is -1.30. The predicted molar refractivity (Wildman–Crippen MR) is 61.6 cm³/mol. The van der Waals surface area contributed by atoms with Crippen molar-refractivity contribution in [3.05, 3.63) is 0 Å². The normalized spacial score (nSPS) is 16.7. The molecule has 0 radical (unpaired) electrons. The number of hydrogen-bond acceptors (Lipinski definition) is 4. The summed E-state index contributed by atoms with van der Waals surface area (Å²) in [6.07, 6.45) is 1.06. The smallest absolute Gasteiger partial charge is 0.409 e. The van der Waals surface area contributed by atoms with Gasteiger partial charge in [0.15, 0.2) is 0 Å². The Bertz CT molecular complexity index is 262. The highest BCUT2D eigenvalue weighted by atomic mass is 16.5. The highest BCUT2D eigenvalue weighted by Gasteiger charge is 2.27. The Labute approximate surface area is 101 Å². The van der Waals surface area contributed by atoms with Gasteiger partial charge in [0, 0.05) is 32.7 Å². The van der Waals surface area contributed by atoms with Crippen LogP contribution in [0.2, 0.25) is 0 Å². The lowest BCUT2D eigenvalue weighted by molar-refractivity contribution is -0.126. The van der Waals surface area contributed by atoms with Gasteiger partial charge in [-0.25, -0.2) is 4.79 Å². The van der Waals surface area contributed by atoms with Crippen LogP contribution >= 0.6 is 0 Å². The van der Waals surface area contributed by atoms with Gasteiger partial charge in [0.1, 0.15) is 0 Å². The van der Waals surface area contributed by atoms with Crippen molar-refractivity contribution in [3.8, 4) is 0 Å². The second-order valence-corrected chi connectivity index (χ2v) is 4.02. The summed E-state index contributed by atoms with van der Waals surface area (Å²) in [6.45, 7) is 2.21. The first-order chi connectivity index (χ1) is 8.19. The summed E-state index contributed by atoms with van der Waals surface area (Å²) < 4.78 is 9.49. The summed E-state index contributed by atoms with van der Waals surface area (Å²) in [5.41, 5.74) is 0. The molecule has 0 atom stereocenters. The number of piperidine rings is 1. The van der Waals surface area contributed by atoms with Crippen molar-refractivity contribution in [2.75, 3.05) is 40.5 Å². The number of rotatable bonds is 4. The highest BCUT2D eigenvalue weighted by molar-refractivity contribution is 5.79. The van der Waals surface area contributed by atoms with Crippen LogP contribution in [0.3, 0.4) is 0 Å². The van der Waals surface area contributed by atoms with Crippen LogP contribution in [0.1, 0.15) is 12.8 Å². The fraction of sp³-hybridized carbons (Fsp3) is 0.818. The lowest BCUT2D eigenvalue weighted by Crippen LogP contribution is -2.43. The molecule has 0 bridgehead atoms. The molecule has 1 aliphatic heterocycles. The number of methoxy groups -OCH3 is 2. The maximum atomic E-state index is 11.7. The van der Waals surface area contributed by atoms with Crippen LogP contribution in [0.5, 0.6) is 0 Å². The molecule has 1 saturated heterocycles. The number of nitrogens with zero attached hydrogens (tertiary/aromatic N) is 1. The van der Waals surface area contributed by atoms with E-state index in [4.69, 9.17) is 4.74 Å². The van der Waals surface area contributed by atoms with Crippen LogP contribution in [0, 0.1) is 5.92 Å². The molecule has 0 unspecified atom stereocenters. The average molecular weight is 244 g/mol. The minimum atomic E-state index is -0.316. The van der Waals surface area contributed by atoms with Gasteiger partial charge in [-0.2, -0.15) is 0 Å². The zero-order valence-electron chi connectivity index (χ0n) is 10.4. The van der Waals surface area contributed by atoms with E-state index in [1.165, 1.54) is 7.11 Å². The van der Waals surface area contributed by atoms with Crippen LogP contribution in [0.4, 0.5) is 4.79 Å². The van der Waals surface area contributed by atoms with Crippen molar-refractivity contribution in [2.24, 2.45) is 5.92 Å². The molecule has 1 fully saturated rings. The third kappa shape index (κ3) is 4.22. The fourth-order valence-electron chi connectivity index (χ4n) is 1.87. The molecule has 0 aromatic rings. The van der Waals surface area contributed by atoms with Crippen molar-refractivity contribution in [3.63, 3.8) is 0 Å². The molecule has 2 amide bonds. The lowest BCUT2D eigenvalue weighted by atomic mass is 9.96. The summed E-state index contributed by atoms with van der Waals surface area (Å²) >= 11 is 0. The largest absolute Gasteiger partial charge is 0.453 e. The van der Waals surface area contributed by atoms with E-state index >= 15 is 0 Å². The Morgan fingerprint density at radius 3 is 2.47 bits per heavy atom. The van der Waals surface area contributed by atoms with Crippen LogP contribution < -0.4 is 5.32 Å². The van der Waals surface area contributed by atoms with E-state index in [9.17, 15) is 9.59 Å². The quantitative estimate of drug-likeness (QED) is 0.719. The van der Waals surface area contributed by atoms with Crippen molar-refractivity contribution in [1.82, 2.24) is 10.2 Å². The van der Waals surface area contributed by atoms with Gasteiger partial charge in [-0.15, -0.1) is 0 Å². The first-order valence-corrected chi connectivity index (χ1v) is 5.78. The van der Waals surface area contributed by atoms with Crippen LogP contribution in [0.15, 0.2) is 0 Å². The molecular weight excluding hydrogens is 224 g/mol. The minimum Gasteiger partial charge on any atom is -0.453 e. The van der Waals surface area contributed by atoms with E-state index in [1.807, 2.05) is 0 Å². The molecule has 0 aromatic heterocycles. The molecule has 0 spiro atoms. The summed E-state index contributed by atoms with van der Waals surface area (Å²) in [7, 11) is 2.97. The van der Waals surface area contributed by atoms with Gasteiger partial charge in [-0.3, -0.25) is 4.79 Å². The summed E-state index contributed by atoms with van der Waals surface area (Å²) in [6, 6.07) is 0. The number of hydrogen-bond donors (Lipinski definition) is 1. The summed E-state index contributed by atoms with van der Waals surface area (Å²) in [5, 5.41) is 2.81. The summed E-state index contributed by atoms with van der Waals surface area (Å²) in [4.78, 5) is 24.6. The molecule has 0 aliphatic carbocycles. The molecule has 6 nitrogen and oxygen atoms in total. The molecule has 17 heavy (non-hydrogen) atoms. The number of likely N-dealkylation sites (tertiary alicyclic amines) is 1. The number of nitrogens with one attached hydrogen (secondary N) is 1. The van der Waals surface area contributed by atoms with Crippen molar-refractivity contribution in [2.45, 2.75) is 12.8 Å². The van der Waals surface area contributed by atoms with Crippen LogP contribution in [0.25, 0.3) is 0 Å². The van der Waals surface area contributed by atoms with Gasteiger partial charge in [0.05, 0.1) is 13.7 Å². The zero-order chi connectivity index (χ0) is 12.7. The van der Waals surface area contributed by atoms with E-state index in [-0.39, 0.29) is 17.9 Å². The molecule has 1 aliphatic rings. The lowest BCUT2D eigenvalue weighted by Gasteiger charge is -2.30. The van der Waals surface area contributed by atoms with Gasteiger partial charge in [-0.05, 0) is 12.8 Å². The van der Waals surface area contributed by atoms with E-state index in [1.54, 1.807) is 12.0 Å². The minimum absolute atomic E-state index is 0.00670. The zero-order valence-corrected chi connectivity index (χ0v) is 10.4. The van der Waals surface area contributed by atoms with Crippen LogP contribution in [-0.2, 0) is 14.3 Å². The third-order valence-electron chi connectivity index (χ3n) is 2.90. The number of carbonyl (C=O) groups is 2. The molecule has 1 N–H and O–H groups in total. The van der Waals surface area contributed by atoms with E-state index < -0.39 is 0 Å². The number of carbonyl (C=O) groups excluding carboxylic acids is 2. The van der Waals surface area contributed by atoms with Gasteiger partial charge in [0.25, 0.3) is 0 Å². The second kappa shape index (κ2) is 7.11. The monoisotopic (exact) mass is 244 g/mol. The summed E-state index contributed by atoms with van der Waals surface area (Å²) in [5.74, 6) is 0.0410. The van der Waals surface area contributed by atoms with E-state index in [0.29, 0.717) is 39.1 Å². The first kappa shape index (κ1) is 13.8. The Morgan fingerprint density at radius 2 is 1.94 bits per heavy atom. The van der Waals surface area contributed by atoms with Gasteiger partial charge >= 0.3 is 6.09 Å². The molecule has 6 heteroatoms. The molecule has 1 rings (SSSR count). The van der Waals surface area contributed by atoms with Crippen molar-refractivity contribution in [1.29, 1.82) is 0 Å². The Morgan fingerprint density at radius 1 is 1.29 bits per heavy atom. The Kier molecular flexibility index (Phi) is 5.76. The molecular formula is C11H20N2O4.